The molecule has 0 amide bonds. The quantitative estimate of drug-likeness (QED) is 0.494. The zero-order valence-electron chi connectivity index (χ0n) is 19.1. The second kappa shape index (κ2) is 8.19. The van der Waals surface area contributed by atoms with Crippen molar-refractivity contribution in [2.75, 3.05) is 7.05 Å². The van der Waals surface area contributed by atoms with Crippen LogP contribution in [0.2, 0.25) is 0 Å². The first-order chi connectivity index (χ1) is 13.9. The van der Waals surface area contributed by atoms with Crippen LogP contribution in [0.4, 0.5) is 0 Å². The number of hydrogen-bond acceptors (Lipinski definition) is 5. The number of thioether (sulfide) groups is 1. The number of amidine groups is 1. The molecule has 0 spiro atoms. The summed E-state index contributed by atoms with van der Waals surface area (Å²) in [4.78, 5) is 2.04. The maximum atomic E-state index is 8.64. The van der Waals surface area contributed by atoms with Crippen LogP contribution in [0.25, 0.3) is 11.1 Å². The van der Waals surface area contributed by atoms with E-state index in [2.05, 4.69) is 44.2 Å². The standard InChI is InChI=1S/C23H34N6S/c1-15-10-16(17-13-26-28(6)14-17)8-9-19(15)20(24)30-21(25)29(7)18-11-22(2,3)27-23(4,5)12-18/h8-10,13-14,18,24-25,27H,11-12H2,1-7H3. The first kappa shape index (κ1) is 22.6. The van der Waals surface area contributed by atoms with E-state index in [1.807, 2.05) is 50.4 Å². The molecule has 3 N–H and O–H groups in total. The van der Waals surface area contributed by atoms with Gasteiger partial charge in [-0.25, -0.2) is 0 Å². The molecule has 1 saturated heterocycles. The van der Waals surface area contributed by atoms with E-state index in [-0.39, 0.29) is 17.1 Å². The van der Waals surface area contributed by atoms with Gasteiger partial charge >= 0.3 is 0 Å². The van der Waals surface area contributed by atoms with E-state index >= 15 is 0 Å². The van der Waals surface area contributed by atoms with Gasteiger partial charge < -0.3 is 10.2 Å². The first-order valence-electron chi connectivity index (χ1n) is 10.3. The lowest BCUT2D eigenvalue weighted by atomic mass is 9.79. The monoisotopic (exact) mass is 426 g/mol. The Labute approximate surface area is 184 Å². The van der Waals surface area contributed by atoms with Crippen molar-refractivity contribution in [1.29, 1.82) is 10.8 Å². The van der Waals surface area contributed by atoms with Gasteiger partial charge in [-0.15, -0.1) is 0 Å². The lowest BCUT2D eigenvalue weighted by Gasteiger charge is -2.49. The predicted molar refractivity (Wildman–Crippen MR) is 128 cm³/mol. The molecule has 30 heavy (non-hydrogen) atoms. The minimum atomic E-state index is 0.0256. The fraction of sp³-hybridized carbons (Fsp3) is 0.522. The molecule has 7 heteroatoms. The minimum Gasteiger partial charge on any atom is -0.351 e. The highest BCUT2D eigenvalue weighted by molar-refractivity contribution is 8.26. The summed E-state index contributed by atoms with van der Waals surface area (Å²) in [7, 11) is 3.90. The topological polar surface area (TPSA) is 80.8 Å². The van der Waals surface area contributed by atoms with Crippen LogP contribution in [-0.4, -0.2) is 49.1 Å². The molecule has 6 nitrogen and oxygen atoms in total. The molecule has 2 aromatic rings. The van der Waals surface area contributed by atoms with Gasteiger partial charge in [0.05, 0.1) is 6.20 Å². The molecule has 1 aromatic carbocycles. The molecular formula is C23H34N6S. The summed E-state index contributed by atoms with van der Waals surface area (Å²) in [5, 5.41) is 26.0. The second-order valence-corrected chi connectivity index (χ2v) is 10.7. The van der Waals surface area contributed by atoms with E-state index in [0.717, 1.165) is 35.1 Å². The maximum Gasteiger partial charge on any atom is 0.162 e. The Kier molecular flexibility index (Phi) is 6.16. The SMILES string of the molecule is Cc1cc(-c2cnn(C)c2)ccc1C(=N)SC(=N)N(C)C1CC(C)(C)NC(C)(C)C1. The molecule has 1 aromatic heterocycles. The summed E-state index contributed by atoms with van der Waals surface area (Å²) < 4.78 is 1.79. The van der Waals surface area contributed by atoms with Crippen molar-refractivity contribution in [1.82, 2.24) is 20.0 Å². The van der Waals surface area contributed by atoms with Crippen LogP contribution in [0.15, 0.2) is 30.6 Å². The number of nitrogens with zero attached hydrogens (tertiary/aromatic N) is 3. The number of piperidine rings is 1. The van der Waals surface area contributed by atoms with Gasteiger partial charge in [0, 0.05) is 48.5 Å². The molecule has 162 valence electrons. The largest absolute Gasteiger partial charge is 0.351 e. The van der Waals surface area contributed by atoms with E-state index in [9.17, 15) is 0 Å². The Morgan fingerprint density at radius 1 is 1.17 bits per heavy atom. The van der Waals surface area contributed by atoms with Crippen molar-refractivity contribution < 1.29 is 0 Å². The number of rotatable bonds is 3. The summed E-state index contributed by atoms with van der Waals surface area (Å²) in [5.74, 6) is 0. The van der Waals surface area contributed by atoms with Crippen LogP contribution in [0.3, 0.4) is 0 Å². The fourth-order valence-corrected chi connectivity index (χ4v) is 5.43. The summed E-state index contributed by atoms with van der Waals surface area (Å²) in [5.41, 5.74) is 4.11. The molecule has 0 bridgehead atoms. The zero-order chi connectivity index (χ0) is 22.3. The van der Waals surface area contributed by atoms with Crippen LogP contribution in [0.5, 0.6) is 0 Å². The van der Waals surface area contributed by atoms with Gasteiger partial charge in [-0.05, 0) is 70.3 Å². The number of benzene rings is 1. The highest BCUT2D eigenvalue weighted by Gasteiger charge is 2.39. The number of aromatic nitrogens is 2. The zero-order valence-corrected chi connectivity index (χ0v) is 19.9. The third-order valence-electron chi connectivity index (χ3n) is 5.74. The van der Waals surface area contributed by atoms with Gasteiger partial charge in [-0.2, -0.15) is 5.10 Å². The lowest BCUT2D eigenvalue weighted by Crippen LogP contribution is -2.62. The summed E-state index contributed by atoms with van der Waals surface area (Å²) in [6, 6.07) is 6.38. The molecule has 0 unspecified atom stereocenters. The molecule has 0 saturated carbocycles. The molecule has 3 rings (SSSR count). The van der Waals surface area contributed by atoms with Crippen LogP contribution in [-0.2, 0) is 7.05 Å². The normalized spacial score (nSPS) is 18.2. The van der Waals surface area contributed by atoms with Gasteiger partial charge in [-0.1, -0.05) is 18.2 Å². The Morgan fingerprint density at radius 3 is 2.33 bits per heavy atom. The van der Waals surface area contributed by atoms with E-state index < -0.39 is 0 Å². The second-order valence-electron chi connectivity index (χ2n) is 9.73. The molecule has 1 fully saturated rings. The van der Waals surface area contributed by atoms with Crippen LogP contribution in [0.1, 0.15) is 51.7 Å². The molecule has 1 aliphatic rings. The van der Waals surface area contributed by atoms with Crippen molar-refractivity contribution in [3.8, 4) is 11.1 Å². The van der Waals surface area contributed by atoms with Gasteiger partial charge in [0.25, 0.3) is 0 Å². The molecule has 1 aliphatic heterocycles. The average molecular weight is 427 g/mol. The number of hydrogen-bond donors (Lipinski definition) is 3. The van der Waals surface area contributed by atoms with Crippen molar-refractivity contribution in [2.24, 2.45) is 7.05 Å². The van der Waals surface area contributed by atoms with Gasteiger partial charge in [-0.3, -0.25) is 15.5 Å². The van der Waals surface area contributed by atoms with Crippen molar-refractivity contribution >= 4 is 22.0 Å². The van der Waals surface area contributed by atoms with Crippen molar-refractivity contribution in [2.45, 2.75) is 64.6 Å². The van der Waals surface area contributed by atoms with Crippen LogP contribution in [0, 0.1) is 17.7 Å². The third-order valence-corrected chi connectivity index (χ3v) is 6.65. The molecule has 0 aliphatic carbocycles. The van der Waals surface area contributed by atoms with Crippen LogP contribution >= 0.6 is 11.8 Å². The van der Waals surface area contributed by atoms with Gasteiger partial charge in [0.1, 0.15) is 5.04 Å². The van der Waals surface area contributed by atoms with E-state index in [4.69, 9.17) is 10.8 Å². The summed E-state index contributed by atoms with van der Waals surface area (Å²) >= 11 is 1.23. The van der Waals surface area contributed by atoms with Gasteiger partial charge in [0.15, 0.2) is 5.17 Å². The smallest absolute Gasteiger partial charge is 0.162 e. The maximum absolute atomic E-state index is 8.64. The first-order valence-corrected chi connectivity index (χ1v) is 11.2. The lowest BCUT2D eigenvalue weighted by molar-refractivity contribution is 0.114. The Bertz CT molecular complexity index is 942. The summed E-state index contributed by atoms with van der Waals surface area (Å²) in [6.07, 6.45) is 5.78. The molecule has 2 heterocycles. The van der Waals surface area contributed by atoms with Crippen molar-refractivity contribution in [3.05, 3.63) is 41.7 Å². The Morgan fingerprint density at radius 2 is 1.80 bits per heavy atom. The van der Waals surface area contributed by atoms with E-state index in [1.54, 1.807) is 4.68 Å². The van der Waals surface area contributed by atoms with Crippen LogP contribution < -0.4 is 5.32 Å². The molecule has 0 radical (unpaired) electrons. The number of nitrogens with one attached hydrogen (secondary N) is 3. The van der Waals surface area contributed by atoms with E-state index in [0.29, 0.717) is 10.2 Å². The predicted octanol–water partition coefficient (Wildman–Crippen LogP) is 4.63. The fourth-order valence-electron chi connectivity index (χ4n) is 4.60. The van der Waals surface area contributed by atoms with Crippen molar-refractivity contribution in [3.63, 3.8) is 0 Å². The third kappa shape index (κ3) is 5.13. The number of aryl methyl sites for hydroxylation is 2. The Balaban J connectivity index is 1.70. The highest BCUT2D eigenvalue weighted by Crippen LogP contribution is 2.32. The van der Waals surface area contributed by atoms with E-state index in [1.165, 1.54) is 11.8 Å². The molecular weight excluding hydrogens is 392 g/mol. The molecule has 0 atom stereocenters. The average Bonchev–Trinajstić information content (AvgIpc) is 3.04. The highest BCUT2D eigenvalue weighted by atomic mass is 32.2. The van der Waals surface area contributed by atoms with Gasteiger partial charge in [0.2, 0.25) is 0 Å². The Hall–Kier alpha value is -2.12. The minimum absolute atomic E-state index is 0.0256. The summed E-state index contributed by atoms with van der Waals surface area (Å²) in [6.45, 7) is 10.9.